The van der Waals surface area contributed by atoms with Crippen molar-refractivity contribution >= 4 is 0 Å². The van der Waals surface area contributed by atoms with Crippen molar-refractivity contribution in [3.63, 3.8) is 0 Å². The molecule has 1 aromatic carbocycles. The molecule has 0 radical (unpaired) electrons. The van der Waals surface area contributed by atoms with Crippen LogP contribution in [-0.2, 0) is 30.5 Å². The van der Waals surface area contributed by atoms with Crippen molar-refractivity contribution in [2.45, 2.75) is 50.7 Å². The first-order chi connectivity index (χ1) is 13.3. The van der Waals surface area contributed by atoms with Gasteiger partial charge in [-0.25, -0.2) is 4.68 Å². The third-order valence-corrected chi connectivity index (χ3v) is 5.92. The highest BCUT2D eigenvalue weighted by Crippen LogP contribution is 2.26. The van der Waals surface area contributed by atoms with Crippen LogP contribution in [0.5, 0.6) is 5.75 Å². The van der Waals surface area contributed by atoms with E-state index in [1.807, 2.05) is 0 Å². The van der Waals surface area contributed by atoms with Crippen LogP contribution in [0.2, 0.25) is 0 Å². The van der Waals surface area contributed by atoms with Crippen molar-refractivity contribution in [3.05, 3.63) is 57.0 Å². The Bertz CT molecular complexity index is 908. The average molecular weight is 367 g/mol. The van der Waals surface area contributed by atoms with Gasteiger partial charge in [-0.1, -0.05) is 12.1 Å². The van der Waals surface area contributed by atoms with E-state index < -0.39 is 0 Å². The van der Waals surface area contributed by atoms with E-state index in [0.29, 0.717) is 13.2 Å². The molecule has 0 spiro atoms. The molecule has 2 aromatic rings. The molecule has 0 amide bonds. The third kappa shape index (κ3) is 3.28. The molecule has 1 fully saturated rings. The maximum atomic E-state index is 12.6. The van der Waals surface area contributed by atoms with Gasteiger partial charge in [0.2, 0.25) is 0 Å². The summed E-state index contributed by atoms with van der Waals surface area (Å²) in [6.45, 7) is 2.65. The van der Waals surface area contributed by atoms with E-state index in [1.165, 1.54) is 11.1 Å². The van der Waals surface area contributed by atoms with Crippen molar-refractivity contribution in [1.29, 1.82) is 0 Å². The lowest BCUT2D eigenvalue weighted by atomic mass is 9.97. The molecule has 0 saturated carbocycles. The molecule has 2 atom stereocenters. The van der Waals surface area contributed by atoms with E-state index in [4.69, 9.17) is 14.6 Å². The van der Waals surface area contributed by atoms with Crippen LogP contribution in [0.1, 0.15) is 41.3 Å². The summed E-state index contributed by atoms with van der Waals surface area (Å²) in [6.07, 6.45) is 5.23. The number of hydrogen-bond donors (Lipinski definition) is 1. The maximum absolute atomic E-state index is 12.6. The highest BCUT2D eigenvalue weighted by Gasteiger charge is 2.31. The molecule has 142 valence electrons. The van der Waals surface area contributed by atoms with Crippen molar-refractivity contribution in [2.24, 2.45) is 0 Å². The van der Waals surface area contributed by atoms with E-state index in [9.17, 15) is 4.79 Å². The third-order valence-electron chi connectivity index (χ3n) is 5.92. The summed E-state index contributed by atoms with van der Waals surface area (Å²) in [5, 5.41) is 8.29. The van der Waals surface area contributed by atoms with Gasteiger partial charge in [0, 0.05) is 19.0 Å². The van der Waals surface area contributed by atoms with Crippen molar-refractivity contribution in [3.8, 4) is 5.75 Å². The van der Waals surface area contributed by atoms with Gasteiger partial charge >= 0.3 is 0 Å². The van der Waals surface area contributed by atoms with Gasteiger partial charge in [0.1, 0.15) is 5.75 Å². The molecule has 2 unspecified atom stereocenters. The van der Waals surface area contributed by atoms with Gasteiger partial charge in [-0.15, -0.1) is 0 Å². The monoisotopic (exact) mass is 367 g/mol. The molecule has 5 rings (SSSR count). The fraction of sp³-hybridized carbons (Fsp3) is 0.524. The number of nitrogens with zero attached hydrogens (tertiary/aromatic N) is 2. The van der Waals surface area contributed by atoms with Gasteiger partial charge in [0.15, 0.2) is 0 Å². The number of ether oxygens (including phenoxy) is 2. The van der Waals surface area contributed by atoms with Gasteiger partial charge in [0.05, 0.1) is 37.6 Å². The molecular formula is C21H25N3O3. The molecule has 6 heteroatoms. The summed E-state index contributed by atoms with van der Waals surface area (Å²) >= 11 is 0. The zero-order chi connectivity index (χ0) is 18.2. The van der Waals surface area contributed by atoms with E-state index in [1.54, 1.807) is 10.7 Å². The molecule has 1 aromatic heterocycles. The first kappa shape index (κ1) is 17.0. The standard InChI is InChI=1S/C21H25N3O3/c25-21-10-15-3-1-2-4-17(15)23-24(21)19-13-26-12-18(19)22-11-14-5-6-20-16(9-14)7-8-27-20/h5-6,9-10,18-19,22H,1-4,7-8,11-13H2. The van der Waals surface area contributed by atoms with E-state index in [-0.39, 0.29) is 17.6 Å². The van der Waals surface area contributed by atoms with Crippen LogP contribution in [0.15, 0.2) is 29.1 Å². The summed E-state index contributed by atoms with van der Waals surface area (Å²) in [4.78, 5) is 12.6. The van der Waals surface area contributed by atoms with Crippen LogP contribution in [0, 0.1) is 0 Å². The normalized spacial score (nSPS) is 23.7. The minimum absolute atomic E-state index is 0.00682. The fourth-order valence-electron chi connectivity index (χ4n) is 4.39. The van der Waals surface area contributed by atoms with Crippen molar-refractivity contribution in [2.75, 3.05) is 19.8 Å². The number of aromatic nitrogens is 2. The van der Waals surface area contributed by atoms with E-state index >= 15 is 0 Å². The highest BCUT2D eigenvalue weighted by atomic mass is 16.5. The number of rotatable bonds is 4. The fourth-order valence-corrected chi connectivity index (χ4v) is 4.39. The van der Waals surface area contributed by atoms with Crippen LogP contribution in [0.4, 0.5) is 0 Å². The summed E-state index contributed by atoms with van der Waals surface area (Å²) in [7, 11) is 0. The van der Waals surface area contributed by atoms with Crippen molar-refractivity contribution < 1.29 is 9.47 Å². The van der Waals surface area contributed by atoms with Crippen LogP contribution >= 0.6 is 0 Å². The Balaban J connectivity index is 1.33. The Kier molecular flexibility index (Phi) is 4.45. The SMILES string of the molecule is O=c1cc2c(nn1C1COCC1NCc1ccc3c(c1)CCO3)CCCC2. The average Bonchev–Trinajstić information content (AvgIpc) is 3.34. The molecule has 1 aliphatic carbocycles. The highest BCUT2D eigenvalue weighted by molar-refractivity contribution is 5.39. The molecule has 6 nitrogen and oxygen atoms in total. The minimum atomic E-state index is -0.0533. The lowest BCUT2D eigenvalue weighted by molar-refractivity contribution is 0.180. The largest absolute Gasteiger partial charge is 0.493 e. The topological polar surface area (TPSA) is 65.4 Å². The summed E-state index contributed by atoms with van der Waals surface area (Å²) < 4.78 is 12.9. The zero-order valence-electron chi connectivity index (χ0n) is 15.4. The van der Waals surface area contributed by atoms with Crippen LogP contribution in [-0.4, -0.2) is 35.6 Å². The van der Waals surface area contributed by atoms with E-state index in [2.05, 4.69) is 23.5 Å². The second-order valence-corrected chi connectivity index (χ2v) is 7.74. The second kappa shape index (κ2) is 7.09. The van der Waals surface area contributed by atoms with Crippen molar-refractivity contribution in [1.82, 2.24) is 15.1 Å². The Morgan fingerprint density at radius 2 is 2.04 bits per heavy atom. The number of fused-ring (bicyclic) bond motifs is 2. The first-order valence-electron chi connectivity index (χ1n) is 9.95. The van der Waals surface area contributed by atoms with Crippen LogP contribution in [0.3, 0.4) is 0 Å². The first-order valence-corrected chi connectivity index (χ1v) is 9.95. The number of nitrogens with one attached hydrogen (secondary N) is 1. The Morgan fingerprint density at radius 3 is 3.00 bits per heavy atom. The van der Waals surface area contributed by atoms with Gasteiger partial charge < -0.3 is 14.8 Å². The summed E-state index contributed by atoms with van der Waals surface area (Å²) in [6, 6.07) is 8.19. The Morgan fingerprint density at radius 1 is 1.11 bits per heavy atom. The van der Waals surface area contributed by atoms with Crippen LogP contribution in [0.25, 0.3) is 0 Å². The number of aryl methyl sites for hydroxylation is 2. The van der Waals surface area contributed by atoms with Gasteiger partial charge in [0.25, 0.3) is 5.56 Å². The molecule has 3 aliphatic rings. The molecule has 2 aliphatic heterocycles. The molecular weight excluding hydrogens is 342 g/mol. The predicted octanol–water partition coefficient (Wildman–Crippen LogP) is 1.79. The molecule has 0 bridgehead atoms. The van der Waals surface area contributed by atoms with Gasteiger partial charge in [-0.3, -0.25) is 4.79 Å². The molecule has 1 saturated heterocycles. The quantitative estimate of drug-likeness (QED) is 0.893. The summed E-state index contributed by atoms with van der Waals surface area (Å²) in [5.74, 6) is 1.01. The molecule has 3 heterocycles. The minimum Gasteiger partial charge on any atom is -0.493 e. The maximum Gasteiger partial charge on any atom is 0.267 e. The smallest absolute Gasteiger partial charge is 0.267 e. The number of benzene rings is 1. The Hall–Kier alpha value is -2.18. The second-order valence-electron chi connectivity index (χ2n) is 7.74. The Labute approximate surface area is 158 Å². The lowest BCUT2D eigenvalue weighted by Crippen LogP contribution is -2.41. The van der Waals surface area contributed by atoms with Crippen LogP contribution < -0.4 is 15.6 Å². The lowest BCUT2D eigenvalue weighted by Gasteiger charge is -2.23. The zero-order valence-corrected chi connectivity index (χ0v) is 15.4. The summed E-state index contributed by atoms with van der Waals surface area (Å²) in [5.41, 5.74) is 4.72. The van der Waals surface area contributed by atoms with E-state index in [0.717, 1.165) is 62.3 Å². The molecule has 27 heavy (non-hydrogen) atoms. The van der Waals surface area contributed by atoms with Gasteiger partial charge in [-0.2, -0.15) is 5.10 Å². The van der Waals surface area contributed by atoms with Gasteiger partial charge in [-0.05, 0) is 48.4 Å². The number of hydrogen-bond acceptors (Lipinski definition) is 5. The predicted molar refractivity (Wildman–Crippen MR) is 101 cm³/mol. The molecule has 1 N–H and O–H groups in total.